The van der Waals surface area contributed by atoms with E-state index in [-0.39, 0.29) is 17.5 Å². The topological polar surface area (TPSA) is 102 Å². The molecular weight excluding hydrogens is 274 g/mol. The van der Waals surface area contributed by atoms with E-state index < -0.39 is 4.92 Å². The molecule has 1 saturated carbocycles. The van der Waals surface area contributed by atoms with E-state index in [1.54, 1.807) is 11.6 Å². The molecule has 0 aliphatic heterocycles. The molecule has 0 bridgehead atoms. The van der Waals surface area contributed by atoms with Gasteiger partial charge in [0, 0.05) is 25.6 Å². The van der Waals surface area contributed by atoms with Gasteiger partial charge in [-0.3, -0.25) is 14.9 Å². The molecule has 1 aliphatic rings. The van der Waals surface area contributed by atoms with Gasteiger partial charge in [0.2, 0.25) is 11.7 Å². The van der Waals surface area contributed by atoms with Gasteiger partial charge >= 0.3 is 5.69 Å². The van der Waals surface area contributed by atoms with Crippen molar-refractivity contribution >= 4 is 17.4 Å². The zero-order valence-corrected chi connectivity index (χ0v) is 12.4. The fraction of sp³-hybridized carbons (Fsp3) is 0.692. The van der Waals surface area contributed by atoms with E-state index in [4.69, 9.17) is 0 Å². The maximum absolute atomic E-state index is 11.5. The number of nitrogens with one attached hydrogen (secondary N) is 2. The molecule has 0 atom stereocenters. The molecule has 1 heterocycles. The van der Waals surface area contributed by atoms with Gasteiger partial charge in [-0.25, -0.2) is 4.68 Å². The minimum atomic E-state index is -0.417. The summed E-state index contributed by atoms with van der Waals surface area (Å²) in [6.07, 6.45) is 2.77. The SMILES string of the molecule is CCCn1nc(C)c([N+](=O)[O-])c1NCCNC(=O)C1CC1. The van der Waals surface area contributed by atoms with Crippen LogP contribution in [-0.2, 0) is 11.3 Å². The van der Waals surface area contributed by atoms with Gasteiger partial charge in [-0.15, -0.1) is 0 Å². The lowest BCUT2D eigenvalue weighted by molar-refractivity contribution is -0.384. The molecule has 8 nitrogen and oxygen atoms in total. The largest absolute Gasteiger partial charge is 0.363 e. The summed E-state index contributed by atoms with van der Waals surface area (Å²) < 4.78 is 1.62. The molecule has 0 saturated heterocycles. The van der Waals surface area contributed by atoms with E-state index in [0.29, 0.717) is 31.1 Å². The van der Waals surface area contributed by atoms with E-state index in [9.17, 15) is 14.9 Å². The van der Waals surface area contributed by atoms with Gasteiger partial charge in [-0.1, -0.05) is 6.92 Å². The lowest BCUT2D eigenvalue weighted by atomic mass is 10.3. The molecule has 1 aliphatic carbocycles. The maximum Gasteiger partial charge on any atom is 0.333 e. The van der Waals surface area contributed by atoms with Crippen LogP contribution in [0.2, 0.25) is 0 Å². The summed E-state index contributed by atoms with van der Waals surface area (Å²) in [5.41, 5.74) is 0.412. The van der Waals surface area contributed by atoms with E-state index in [1.165, 1.54) is 0 Å². The van der Waals surface area contributed by atoms with Crippen molar-refractivity contribution in [1.82, 2.24) is 15.1 Å². The Bertz CT molecular complexity index is 536. The first kappa shape index (κ1) is 15.3. The zero-order chi connectivity index (χ0) is 15.4. The van der Waals surface area contributed by atoms with Gasteiger partial charge in [-0.05, 0) is 26.2 Å². The van der Waals surface area contributed by atoms with Gasteiger partial charge in [0.1, 0.15) is 5.69 Å². The summed E-state index contributed by atoms with van der Waals surface area (Å²) in [6.45, 7) is 5.12. The fourth-order valence-electron chi connectivity index (χ4n) is 2.20. The molecule has 0 radical (unpaired) electrons. The van der Waals surface area contributed by atoms with Crippen LogP contribution in [0.25, 0.3) is 0 Å². The quantitative estimate of drug-likeness (QED) is 0.429. The summed E-state index contributed by atoms with van der Waals surface area (Å²) in [5, 5.41) is 21.2. The van der Waals surface area contributed by atoms with Crippen molar-refractivity contribution in [1.29, 1.82) is 0 Å². The molecule has 21 heavy (non-hydrogen) atoms. The fourth-order valence-corrected chi connectivity index (χ4v) is 2.20. The average molecular weight is 295 g/mol. The lowest BCUT2D eigenvalue weighted by Gasteiger charge is -2.09. The van der Waals surface area contributed by atoms with Crippen LogP contribution >= 0.6 is 0 Å². The smallest absolute Gasteiger partial charge is 0.333 e. The van der Waals surface area contributed by atoms with Crippen LogP contribution in [0, 0.1) is 23.0 Å². The van der Waals surface area contributed by atoms with Crippen LogP contribution in [0.1, 0.15) is 31.9 Å². The summed E-state index contributed by atoms with van der Waals surface area (Å²) in [7, 11) is 0. The third-order valence-electron chi connectivity index (χ3n) is 3.38. The number of anilines is 1. The van der Waals surface area contributed by atoms with Crippen molar-refractivity contribution in [3.8, 4) is 0 Å². The third kappa shape index (κ3) is 3.71. The highest BCUT2D eigenvalue weighted by atomic mass is 16.6. The Morgan fingerprint density at radius 3 is 2.76 bits per heavy atom. The van der Waals surface area contributed by atoms with Gasteiger partial charge in [0.25, 0.3) is 0 Å². The first-order chi connectivity index (χ1) is 10.0. The minimum absolute atomic E-state index is 0.0111. The molecule has 1 fully saturated rings. The number of amides is 1. The van der Waals surface area contributed by atoms with Crippen LogP contribution in [0.5, 0.6) is 0 Å². The molecular formula is C13H21N5O3. The Hall–Kier alpha value is -2.12. The Kier molecular flexibility index (Phi) is 4.77. The minimum Gasteiger partial charge on any atom is -0.363 e. The van der Waals surface area contributed by atoms with Crippen LogP contribution in [0.15, 0.2) is 0 Å². The Morgan fingerprint density at radius 1 is 1.48 bits per heavy atom. The molecule has 0 spiro atoms. The first-order valence-corrected chi connectivity index (χ1v) is 7.28. The number of carbonyl (C=O) groups is 1. The van der Waals surface area contributed by atoms with E-state index in [1.807, 2.05) is 6.92 Å². The maximum atomic E-state index is 11.5. The normalized spacial score (nSPS) is 14.0. The van der Waals surface area contributed by atoms with Crippen molar-refractivity contribution in [3.05, 3.63) is 15.8 Å². The number of aryl methyl sites for hydroxylation is 2. The van der Waals surface area contributed by atoms with Crippen molar-refractivity contribution in [2.75, 3.05) is 18.4 Å². The van der Waals surface area contributed by atoms with Crippen molar-refractivity contribution in [2.24, 2.45) is 5.92 Å². The van der Waals surface area contributed by atoms with Gasteiger partial charge < -0.3 is 10.6 Å². The van der Waals surface area contributed by atoms with E-state index >= 15 is 0 Å². The van der Waals surface area contributed by atoms with E-state index in [0.717, 1.165) is 19.3 Å². The van der Waals surface area contributed by atoms with E-state index in [2.05, 4.69) is 15.7 Å². The number of rotatable bonds is 8. The summed E-state index contributed by atoms with van der Waals surface area (Å²) in [5.74, 6) is 0.664. The molecule has 0 aromatic carbocycles. The lowest BCUT2D eigenvalue weighted by Crippen LogP contribution is -2.30. The predicted molar refractivity (Wildman–Crippen MR) is 78.1 cm³/mol. The molecule has 116 valence electrons. The van der Waals surface area contributed by atoms with Gasteiger partial charge in [0.05, 0.1) is 4.92 Å². The Morgan fingerprint density at radius 2 is 2.19 bits per heavy atom. The van der Waals surface area contributed by atoms with Crippen LogP contribution in [-0.4, -0.2) is 33.7 Å². The second kappa shape index (κ2) is 6.55. The van der Waals surface area contributed by atoms with Crippen LogP contribution in [0.4, 0.5) is 11.5 Å². The number of nitro groups is 1. The number of aromatic nitrogens is 2. The molecule has 0 unspecified atom stereocenters. The number of hydrogen-bond donors (Lipinski definition) is 2. The number of carbonyl (C=O) groups excluding carboxylic acids is 1. The first-order valence-electron chi connectivity index (χ1n) is 7.28. The third-order valence-corrected chi connectivity index (χ3v) is 3.38. The van der Waals surface area contributed by atoms with Crippen molar-refractivity contribution in [3.63, 3.8) is 0 Å². The summed E-state index contributed by atoms with van der Waals surface area (Å²) in [4.78, 5) is 22.2. The summed E-state index contributed by atoms with van der Waals surface area (Å²) in [6, 6.07) is 0. The standard InChI is InChI=1S/C13H21N5O3/c1-3-8-17-12(11(18(20)21)9(2)16-17)14-6-7-15-13(19)10-4-5-10/h10,14H,3-8H2,1-2H3,(H,15,19). The number of hydrogen-bond acceptors (Lipinski definition) is 5. The molecule has 1 aromatic heterocycles. The average Bonchev–Trinajstić information content (AvgIpc) is 3.21. The highest BCUT2D eigenvalue weighted by molar-refractivity contribution is 5.80. The highest BCUT2D eigenvalue weighted by Gasteiger charge is 2.29. The Balaban J connectivity index is 1.96. The highest BCUT2D eigenvalue weighted by Crippen LogP contribution is 2.29. The summed E-state index contributed by atoms with van der Waals surface area (Å²) >= 11 is 0. The molecule has 1 amide bonds. The van der Waals surface area contributed by atoms with Crippen molar-refractivity contribution < 1.29 is 9.72 Å². The second-order valence-electron chi connectivity index (χ2n) is 5.25. The second-order valence-corrected chi connectivity index (χ2v) is 5.25. The number of nitrogens with zero attached hydrogens (tertiary/aromatic N) is 3. The van der Waals surface area contributed by atoms with Crippen molar-refractivity contribution in [2.45, 2.75) is 39.7 Å². The van der Waals surface area contributed by atoms with Gasteiger partial charge in [0.15, 0.2) is 0 Å². The molecule has 1 aromatic rings. The zero-order valence-electron chi connectivity index (χ0n) is 12.4. The predicted octanol–water partition coefficient (Wildman–Crippen LogP) is 1.45. The Labute approximate surface area is 123 Å². The monoisotopic (exact) mass is 295 g/mol. The molecule has 8 heteroatoms. The van der Waals surface area contributed by atoms with Gasteiger partial charge in [-0.2, -0.15) is 5.10 Å². The van der Waals surface area contributed by atoms with Crippen LogP contribution in [0.3, 0.4) is 0 Å². The van der Waals surface area contributed by atoms with Crippen LogP contribution < -0.4 is 10.6 Å². The molecule has 2 N–H and O–H groups in total. The molecule has 2 rings (SSSR count).